The number of rotatable bonds is 6. The Bertz CT molecular complexity index is 835. The molecule has 0 aromatic heterocycles. The standard InChI is InChI=1S/C28H46O6/c1-16(2)7-8-24(34-6)27(5,32)23-10-12-28(33)18-13-20(29)19-14-21(30)22(31)15-25(19,3)17(18)9-11-26(23,28)4/h13,16-17,19,21-24,30-33H,7-12,14-15H2,1-6H3/t17?,19-,21+,22-,23-,24+,25+,26+,27+,28+/m0/s1. The summed E-state index contributed by atoms with van der Waals surface area (Å²) in [5.41, 5.74) is -2.55. The average molecular weight is 479 g/mol. The van der Waals surface area contributed by atoms with Crippen molar-refractivity contribution in [3.8, 4) is 0 Å². The molecule has 0 saturated heterocycles. The van der Waals surface area contributed by atoms with Crippen molar-refractivity contribution in [3.05, 3.63) is 11.6 Å². The first-order valence-corrected chi connectivity index (χ1v) is 13.3. The van der Waals surface area contributed by atoms with E-state index in [4.69, 9.17) is 4.74 Å². The zero-order valence-electron chi connectivity index (χ0n) is 21.9. The van der Waals surface area contributed by atoms with Crippen LogP contribution in [0, 0.1) is 34.5 Å². The molecule has 3 saturated carbocycles. The molecule has 0 spiro atoms. The summed E-state index contributed by atoms with van der Waals surface area (Å²) < 4.78 is 5.82. The van der Waals surface area contributed by atoms with Crippen LogP contribution in [0.15, 0.2) is 11.6 Å². The zero-order valence-corrected chi connectivity index (χ0v) is 21.9. The van der Waals surface area contributed by atoms with Gasteiger partial charge >= 0.3 is 0 Å². The second-order valence-electron chi connectivity index (χ2n) is 13.0. The maximum atomic E-state index is 13.3. The van der Waals surface area contributed by atoms with Gasteiger partial charge in [0.05, 0.1) is 29.5 Å². The number of hydrogen-bond acceptors (Lipinski definition) is 6. The van der Waals surface area contributed by atoms with Crippen LogP contribution < -0.4 is 0 Å². The predicted octanol–water partition coefficient (Wildman–Crippen LogP) is 3.39. The number of methoxy groups -OCH3 is 1. The predicted molar refractivity (Wildman–Crippen MR) is 130 cm³/mol. The highest BCUT2D eigenvalue weighted by atomic mass is 16.5. The Kier molecular flexibility index (Phi) is 6.69. The number of fused-ring (bicyclic) bond motifs is 5. The van der Waals surface area contributed by atoms with Crippen LogP contribution in [-0.4, -0.2) is 62.8 Å². The molecule has 6 nitrogen and oxygen atoms in total. The van der Waals surface area contributed by atoms with Gasteiger partial charge in [0.15, 0.2) is 5.78 Å². The van der Waals surface area contributed by atoms with Crippen molar-refractivity contribution >= 4 is 5.78 Å². The fourth-order valence-electron chi connectivity index (χ4n) is 8.67. The van der Waals surface area contributed by atoms with Crippen molar-refractivity contribution in [2.45, 2.75) is 115 Å². The van der Waals surface area contributed by atoms with Crippen molar-refractivity contribution in [1.82, 2.24) is 0 Å². The Morgan fingerprint density at radius 3 is 2.41 bits per heavy atom. The maximum Gasteiger partial charge on any atom is 0.159 e. The van der Waals surface area contributed by atoms with Crippen molar-refractivity contribution in [1.29, 1.82) is 0 Å². The smallest absolute Gasteiger partial charge is 0.159 e. The minimum atomic E-state index is -1.18. The second kappa shape index (κ2) is 8.65. The molecular weight excluding hydrogens is 432 g/mol. The average Bonchev–Trinajstić information content (AvgIpc) is 3.02. The monoisotopic (exact) mass is 478 g/mol. The van der Waals surface area contributed by atoms with Crippen LogP contribution in [0.3, 0.4) is 0 Å². The SMILES string of the molecule is CO[C@H](CCC(C)C)[C@](C)(O)[C@H]1CC[C@@]2(O)C3=CC(=O)[C@@H]4C[C@@H](O)[C@@H](O)C[C@]4(C)C3CC[C@]12C. The second-order valence-corrected chi connectivity index (χ2v) is 13.0. The fourth-order valence-corrected chi connectivity index (χ4v) is 8.67. The lowest BCUT2D eigenvalue weighted by Gasteiger charge is -2.60. The minimum Gasteiger partial charge on any atom is -0.390 e. The van der Waals surface area contributed by atoms with Crippen molar-refractivity contribution < 1.29 is 30.0 Å². The van der Waals surface area contributed by atoms with Crippen LogP contribution in [0.2, 0.25) is 0 Å². The molecule has 34 heavy (non-hydrogen) atoms. The molecule has 4 N–H and O–H groups in total. The van der Waals surface area contributed by atoms with Gasteiger partial charge in [0.1, 0.15) is 0 Å². The van der Waals surface area contributed by atoms with Crippen molar-refractivity contribution in [3.63, 3.8) is 0 Å². The minimum absolute atomic E-state index is 0.0155. The van der Waals surface area contributed by atoms with Gasteiger partial charge in [0.2, 0.25) is 0 Å². The van der Waals surface area contributed by atoms with Crippen LogP contribution in [0.5, 0.6) is 0 Å². The van der Waals surface area contributed by atoms with E-state index in [1.165, 1.54) is 0 Å². The molecule has 0 heterocycles. The Morgan fingerprint density at radius 1 is 1.12 bits per heavy atom. The number of ketones is 1. The summed E-state index contributed by atoms with van der Waals surface area (Å²) in [5, 5.41) is 44.9. The molecule has 4 aliphatic carbocycles. The molecule has 4 rings (SSSR count). The fraction of sp³-hybridized carbons (Fsp3) is 0.893. The summed E-state index contributed by atoms with van der Waals surface area (Å²) in [7, 11) is 1.66. The summed E-state index contributed by atoms with van der Waals surface area (Å²) in [5.74, 6) is -0.0424. The molecule has 0 aliphatic heterocycles. The summed E-state index contributed by atoms with van der Waals surface area (Å²) >= 11 is 0. The molecule has 0 amide bonds. The van der Waals surface area contributed by atoms with Gasteiger partial charge in [-0.2, -0.15) is 0 Å². The molecule has 0 aromatic rings. The molecule has 0 bridgehead atoms. The van der Waals surface area contributed by atoms with E-state index in [0.717, 1.165) is 31.3 Å². The Morgan fingerprint density at radius 2 is 1.79 bits per heavy atom. The number of hydrogen-bond donors (Lipinski definition) is 4. The van der Waals surface area contributed by atoms with Gasteiger partial charge in [-0.25, -0.2) is 0 Å². The quantitative estimate of drug-likeness (QED) is 0.466. The molecule has 4 aliphatic rings. The molecule has 0 aromatic carbocycles. The van der Waals surface area contributed by atoms with E-state index in [2.05, 4.69) is 27.7 Å². The van der Waals surface area contributed by atoms with Gasteiger partial charge in [-0.15, -0.1) is 0 Å². The summed E-state index contributed by atoms with van der Waals surface area (Å²) in [6.07, 6.45) is 4.68. The number of ether oxygens (including phenoxy) is 1. The normalized spacial score (nSPS) is 46.9. The van der Waals surface area contributed by atoms with Gasteiger partial charge in [-0.1, -0.05) is 27.7 Å². The summed E-state index contributed by atoms with van der Waals surface area (Å²) in [4.78, 5) is 13.3. The third-order valence-electron chi connectivity index (χ3n) is 10.8. The van der Waals surface area contributed by atoms with E-state index < -0.39 is 34.2 Å². The van der Waals surface area contributed by atoms with Crippen molar-refractivity contribution in [2.75, 3.05) is 7.11 Å². The number of aliphatic hydroxyl groups excluding tert-OH is 2. The highest BCUT2D eigenvalue weighted by molar-refractivity contribution is 5.95. The van der Waals surface area contributed by atoms with Crippen LogP contribution in [0.25, 0.3) is 0 Å². The Labute approximate surface area is 204 Å². The van der Waals surface area contributed by atoms with Gasteiger partial charge < -0.3 is 25.2 Å². The van der Waals surface area contributed by atoms with Crippen molar-refractivity contribution in [2.24, 2.45) is 34.5 Å². The lowest BCUT2D eigenvalue weighted by atomic mass is 9.45. The van der Waals surface area contributed by atoms with E-state index in [1.54, 1.807) is 13.2 Å². The number of allylic oxidation sites excluding steroid dienone is 1. The Hall–Kier alpha value is -0.790. The van der Waals surface area contributed by atoms with E-state index >= 15 is 0 Å². The third-order valence-corrected chi connectivity index (χ3v) is 10.8. The number of carbonyl (C=O) groups is 1. The van der Waals surface area contributed by atoms with Crippen LogP contribution in [0.1, 0.15) is 86.0 Å². The molecule has 0 radical (unpaired) electrons. The van der Waals surface area contributed by atoms with E-state index in [0.29, 0.717) is 25.2 Å². The number of aliphatic hydroxyl groups is 4. The first-order chi connectivity index (χ1) is 15.7. The zero-order chi connectivity index (χ0) is 25.3. The first kappa shape index (κ1) is 26.3. The van der Waals surface area contributed by atoms with E-state index in [9.17, 15) is 25.2 Å². The highest BCUT2D eigenvalue weighted by Crippen LogP contribution is 2.68. The molecule has 6 heteroatoms. The van der Waals surface area contributed by atoms with Gasteiger partial charge in [-0.3, -0.25) is 4.79 Å². The maximum absolute atomic E-state index is 13.3. The number of carbonyl (C=O) groups excluding carboxylic acids is 1. The van der Waals surface area contributed by atoms with Gasteiger partial charge in [-0.05, 0) is 93.1 Å². The Balaban J connectivity index is 1.69. The molecule has 3 fully saturated rings. The lowest BCUT2D eigenvalue weighted by molar-refractivity contribution is -0.180. The largest absolute Gasteiger partial charge is 0.390 e. The van der Waals surface area contributed by atoms with Crippen LogP contribution in [0.4, 0.5) is 0 Å². The summed E-state index contributed by atoms with van der Waals surface area (Å²) in [6.45, 7) is 10.3. The third kappa shape index (κ3) is 3.66. The molecule has 194 valence electrons. The first-order valence-electron chi connectivity index (χ1n) is 13.3. The topological polar surface area (TPSA) is 107 Å². The van der Waals surface area contributed by atoms with Crippen LogP contribution >= 0.6 is 0 Å². The lowest BCUT2D eigenvalue weighted by Crippen LogP contribution is -2.63. The molecular formula is C28H46O6. The molecule has 10 atom stereocenters. The van der Waals surface area contributed by atoms with Gasteiger partial charge in [0, 0.05) is 18.4 Å². The van der Waals surface area contributed by atoms with E-state index in [1.807, 2.05) is 6.92 Å². The van der Waals surface area contributed by atoms with Gasteiger partial charge in [0.25, 0.3) is 0 Å². The van der Waals surface area contributed by atoms with E-state index in [-0.39, 0.29) is 36.1 Å². The summed E-state index contributed by atoms with van der Waals surface area (Å²) in [6, 6.07) is 0. The molecule has 1 unspecified atom stereocenters. The van der Waals surface area contributed by atoms with Crippen LogP contribution in [-0.2, 0) is 9.53 Å². The highest BCUT2D eigenvalue weighted by Gasteiger charge is 2.69.